The minimum atomic E-state index is 0.166. The molecule has 0 bridgehead atoms. The molecule has 0 aromatic heterocycles. The van der Waals surface area contributed by atoms with Gasteiger partial charge in [-0.3, -0.25) is 0 Å². The van der Waals surface area contributed by atoms with Crippen LogP contribution in [0.4, 0.5) is 0 Å². The third-order valence-electron chi connectivity index (χ3n) is 2.99. The number of benzene rings is 1. The predicted molar refractivity (Wildman–Crippen MR) is 63.4 cm³/mol. The molecule has 1 atom stereocenters. The van der Waals surface area contributed by atoms with E-state index in [1.165, 1.54) is 17.5 Å². The van der Waals surface area contributed by atoms with E-state index in [9.17, 15) is 0 Å². The van der Waals surface area contributed by atoms with Crippen LogP contribution in [0.1, 0.15) is 36.9 Å². The van der Waals surface area contributed by atoms with E-state index in [-0.39, 0.29) is 6.04 Å². The van der Waals surface area contributed by atoms with Crippen LogP contribution in [0.5, 0.6) is 5.75 Å². The van der Waals surface area contributed by atoms with Gasteiger partial charge in [-0.2, -0.15) is 0 Å². The van der Waals surface area contributed by atoms with Crippen molar-refractivity contribution < 1.29 is 9.47 Å². The Labute approximate surface area is 96.5 Å². The molecule has 0 fully saturated rings. The molecule has 2 rings (SSSR count). The van der Waals surface area contributed by atoms with Gasteiger partial charge in [0.05, 0.1) is 0 Å². The van der Waals surface area contributed by atoms with Crippen molar-refractivity contribution in [3.05, 3.63) is 29.3 Å². The Kier molecular flexibility index (Phi) is 3.80. The number of nitrogens with two attached hydrogens (primary N) is 1. The maximum atomic E-state index is 6.08. The van der Waals surface area contributed by atoms with Crippen molar-refractivity contribution in [3.8, 4) is 5.75 Å². The standard InChI is InChI=1S/C13H19NO2/c1-2-15-9-16-11-7-6-10-4-3-5-13(14)12(10)8-11/h6-8,13H,2-5,9,14H2,1H3/t13-/m1/s1. The molecule has 1 aromatic carbocycles. The van der Waals surface area contributed by atoms with Crippen LogP contribution in [0.25, 0.3) is 0 Å². The maximum Gasteiger partial charge on any atom is 0.189 e. The zero-order chi connectivity index (χ0) is 11.4. The molecule has 3 nitrogen and oxygen atoms in total. The average Bonchev–Trinajstić information content (AvgIpc) is 2.30. The zero-order valence-corrected chi connectivity index (χ0v) is 9.74. The van der Waals surface area contributed by atoms with Crippen molar-refractivity contribution in [2.45, 2.75) is 32.2 Å². The molecule has 0 spiro atoms. The molecule has 0 saturated heterocycles. The van der Waals surface area contributed by atoms with Crippen LogP contribution >= 0.6 is 0 Å². The highest BCUT2D eigenvalue weighted by Gasteiger charge is 2.17. The summed E-state index contributed by atoms with van der Waals surface area (Å²) in [5.41, 5.74) is 8.68. The molecule has 88 valence electrons. The van der Waals surface area contributed by atoms with Crippen molar-refractivity contribution >= 4 is 0 Å². The summed E-state index contributed by atoms with van der Waals surface area (Å²) >= 11 is 0. The zero-order valence-electron chi connectivity index (χ0n) is 9.74. The molecule has 16 heavy (non-hydrogen) atoms. The highest BCUT2D eigenvalue weighted by atomic mass is 16.7. The number of hydrogen-bond acceptors (Lipinski definition) is 3. The lowest BCUT2D eigenvalue weighted by atomic mass is 9.88. The molecule has 0 radical (unpaired) electrons. The van der Waals surface area contributed by atoms with Gasteiger partial charge < -0.3 is 15.2 Å². The number of rotatable bonds is 4. The number of hydrogen-bond donors (Lipinski definition) is 1. The second-order valence-electron chi connectivity index (χ2n) is 4.11. The largest absolute Gasteiger partial charge is 0.468 e. The Morgan fingerprint density at radius 3 is 3.12 bits per heavy atom. The summed E-state index contributed by atoms with van der Waals surface area (Å²) in [5, 5.41) is 0. The van der Waals surface area contributed by atoms with E-state index in [1.807, 2.05) is 13.0 Å². The van der Waals surface area contributed by atoms with Crippen molar-refractivity contribution in [1.29, 1.82) is 0 Å². The lowest BCUT2D eigenvalue weighted by Gasteiger charge is -2.22. The van der Waals surface area contributed by atoms with Gasteiger partial charge in [-0.25, -0.2) is 0 Å². The van der Waals surface area contributed by atoms with E-state index in [0.717, 1.165) is 18.6 Å². The number of ether oxygens (including phenoxy) is 2. The molecule has 0 aliphatic heterocycles. The molecule has 0 amide bonds. The van der Waals surface area contributed by atoms with E-state index < -0.39 is 0 Å². The first-order valence-corrected chi connectivity index (χ1v) is 5.90. The van der Waals surface area contributed by atoms with Crippen molar-refractivity contribution in [3.63, 3.8) is 0 Å². The summed E-state index contributed by atoms with van der Waals surface area (Å²) in [6, 6.07) is 6.34. The third-order valence-corrected chi connectivity index (χ3v) is 2.99. The Bertz CT molecular complexity index is 352. The van der Waals surface area contributed by atoms with Crippen LogP contribution in [-0.4, -0.2) is 13.4 Å². The van der Waals surface area contributed by atoms with Crippen LogP contribution in [0.3, 0.4) is 0 Å². The van der Waals surface area contributed by atoms with Crippen LogP contribution in [-0.2, 0) is 11.2 Å². The summed E-state index contributed by atoms with van der Waals surface area (Å²) in [4.78, 5) is 0. The lowest BCUT2D eigenvalue weighted by Crippen LogP contribution is -2.17. The van der Waals surface area contributed by atoms with E-state index in [2.05, 4.69) is 12.1 Å². The summed E-state index contributed by atoms with van der Waals surface area (Å²) in [6.07, 6.45) is 3.39. The summed E-state index contributed by atoms with van der Waals surface area (Å²) in [6.45, 7) is 2.93. The highest BCUT2D eigenvalue weighted by Crippen LogP contribution is 2.30. The second-order valence-corrected chi connectivity index (χ2v) is 4.11. The summed E-state index contributed by atoms with van der Waals surface area (Å²) < 4.78 is 10.6. The fourth-order valence-corrected chi connectivity index (χ4v) is 2.10. The van der Waals surface area contributed by atoms with Gasteiger partial charge in [0, 0.05) is 12.6 Å². The first-order chi connectivity index (χ1) is 7.81. The molecule has 0 saturated carbocycles. The van der Waals surface area contributed by atoms with Crippen LogP contribution in [0.2, 0.25) is 0 Å². The van der Waals surface area contributed by atoms with Crippen molar-refractivity contribution in [1.82, 2.24) is 0 Å². The first-order valence-electron chi connectivity index (χ1n) is 5.90. The van der Waals surface area contributed by atoms with Gasteiger partial charge in [0.15, 0.2) is 6.79 Å². The Morgan fingerprint density at radius 2 is 2.31 bits per heavy atom. The number of aryl methyl sites for hydroxylation is 1. The molecule has 1 aliphatic carbocycles. The average molecular weight is 221 g/mol. The fraction of sp³-hybridized carbons (Fsp3) is 0.538. The second kappa shape index (κ2) is 5.32. The van der Waals surface area contributed by atoms with Crippen molar-refractivity contribution in [2.24, 2.45) is 5.73 Å². The molecule has 1 aromatic rings. The minimum Gasteiger partial charge on any atom is -0.468 e. The third kappa shape index (κ3) is 2.54. The molecule has 1 aliphatic rings. The summed E-state index contributed by atoms with van der Waals surface area (Å²) in [5.74, 6) is 0.851. The van der Waals surface area contributed by atoms with Crippen LogP contribution in [0, 0.1) is 0 Å². The van der Waals surface area contributed by atoms with Gasteiger partial charge in [0.1, 0.15) is 5.75 Å². The fourth-order valence-electron chi connectivity index (χ4n) is 2.10. The van der Waals surface area contributed by atoms with Gasteiger partial charge >= 0.3 is 0 Å². The van der Waals surface area contributed by atoms with Crippen LogP contribution in [0.15, 0.2) is 18.2 Å². The molecular weight excluding hydrogens is 202 g/mol. The van der Waals surface area contributed by atoms with Gasteiger partial charge in [0.2, 0.25) is 0 Å². The van der Waals surface area contributed by atoms with Gasteiger partial charge in [-0.05, 0) is 49.4 Å². The predicted octanol–water partition coefficient (Wildman–Crippen LogP) is 2.40. The first kappa shape index (κ1) is 11.4. The SMILES string of the molecule is CCOCOc1ccc2c(c1)[C@H](N)CCC2. The lowest BCUT2D eigenvalue weighted by molar-refractivity contribution is 0.0223. The quantitative estimate of drug-likeness (QED) is 0.627. The highest BCUT2D eigenvalue weighted by molar-refractivity contribution is 5.38. The normalized spacial score (nSPS) is 19.2. The van der Waals surface area contributed by atoms with Gasteiger partial charge in [-0.15, -0.1) is 0 Å². The topological polar surface area (TPSA) is 44.5 Å². The van der Waals surface area contributed by atoms with Crippen LogP contribution < -0.4 is 10.5 Å². The molecule has 3 heteroatoms. The van der Waals surface area contributed by atoms with Crippen molar-refractivity contribution in [2.75, 3.05) is 13.4 Å². The number of fused-ring (bicyclic) bond motifs is 1. The van der Waals surface area contributed by atoms with Gasteiger partial charge in [-0.1, -0.05) is 6.07 Å². The Hall–Kier alpha value is -1.06. The van der Waals surface area contributed by atoms with E-state index in [0.29, 0.717) is 13.4 Å². The smallest absolute Gasteiger partial charge is 0.189 e. The maximum absolute atomic E-state index is 6.08. The Balaban J connectivity index is 2.08. The van der Waals surface area contributed by atoms with E-state index in [1.54, 1.807) is 0 Å². The monoisotopic (exact) mass is 221 g/mol. The van der Waals surface area contributed by atoms with Gasteiger partial charge in [0.25, 0.3) is 0 Å². The molecule has 0 unspecified atom stereocenters. The van der Waals surface area contributed by atoms with E-state index in [4.69, 9.17) is 15.2 Å². The summed E-state index contributed by atoms with van der Waals surface area (Å²) in [7, 11) is 0. The minimum absolute atomic E-state index is 0.166. The molecular formula is C13H19NO2. The Morgan fingerprint density at radius 1 is 1.44 bits per heavy atom. The molecule has 0 heterocycles. The molecule has 2 N–H and O–H groups in total. The van der Waals surface area contributed by atoms with E-state index >= 15 is 0 Å².